The molecule has 1 aromatic carbocycles. The molecular weight excluding hydrogens is 205 g/mol. The molecule has 0 radical (unpaired) electrons. The van der Waals surface area contributed by atoms with E-state index in [9.17, 15) is 4.39 Å². The van der Waals surface area contributed by atoms with Crippen LogP contribution in [0.1, 0.15) is 24.4 Å². The van der Waals surface area contributed by atoms with Gasteiger partial charge < -0.3 is 5.73 Å². The van der Waals surface area contributed by atoms with E-state index in [0.717, 1.165) is 5.56 Å². The summed E-state index contributed by atoms with van der Waals surface area (Å²) in [7, 11) is 0. The van der Waals surface area contributed by atoms with Gasteiger partial charge in [0.25, 0.3) is 0 Å². The Morgan fingerprint density at radius 3 is 2.75 bits per heavy atom. The predicted molar refractivity (Wildman–Crippen MR) is 59.9 cm³/mol. The molecule has 1 saturated heterocycles. The number of hydrogen-bond donors (Lipinski definition) is 3. The van der Waals surface area contributed by atoms with Crippen LogP contribution in [0.15, 0.2) is 24.3 Å². The number of nitrogens with two attached hydrogens (primary N) is 1. The number of hydrazine groups is 1. The Hall–Kier alpha value is -0.970. The lowest BCUT2D eigenvalue weighted by Crippen LogP contribution is -2.40. The molecule has 1 saturated carbocycles. The lowest BCUT2D eigenvalue weighted by Gasteiger charge is -2.18. The first kappa shape index (κ1) is 10.2. The SMILES string of the molecule is NC1C(c2cccc(F)c2)NNC1C1CC1. The summed E-state index contributed by atoms with van der Waals surface area (Å²) >= 11 is 0. The van der Waals surface area contributed by atoms with Gasteiger partial charge >= 0.3 is 0 Å². The average Bonchev–Trinajstić information content (AvgIpc) is 3.03. The molecule has 3 nitrogen and oxygen atoms in total. The molecule has 4 heteroatoms. The molecule has 4 N–H and O–H groups in total. The molecule has 0 amide bonds. The molecule has 3 rings (SSSR count). The zero-order valence-corrected chi connectivity index (χ0v) is 8.99. The Morgan fingerprint density at radius 1 is 1.25 bits per heavy atom. The van der Waals surface area contributed by atoms with E-state index in [2.05, 4.69) is 10.9 Å². The lowest BCUT2D eigenvalue weighted by atomic mass is 9.95. The molecule has 86 valence electrons. The first-order chi connectivity index (χ1) is 7.75. The zero-order valence-electron chi connectivity index (χ0n) is 8.99. The summed E-state index contributed by atoms with van der Waals surface area (Å²) in [6.45, 7) is 0. The van der Waals surface area contributed by atoms with Crippen LogP contribution in [0.2, 0.25) is 0 Å². The van der Waals surface area contributed by atoms with Gasteiger partial charge in [0.1, 0.15) is 5.82 Å². The normalized spacial score (nSPS) is 34.2. The highest BCUT2D eigenvalue weighted by molar-refractivity contribution is 5.24. The van der Waals surface area contributed by atoms with Gasteiger partial charge in [-0.15, -0.1) is 0 Å². The molecule has 0 aromatic heterocycles. The van der Waals surface area contributed by atoms with Crippen LogP contribution >= 0.6 is 0 Å². The molecule has 2 fully saturated rings. The fraction of sp³-hybridized carbons (Fsp3) is 0.500. The van der Waals surface area contributed by atoms with E-state index >= 15 is 0 Å². The van der Waals surface area contributed by atoms with Gasteiger partial charge in [0.2, 0.25) is 0 Å². The molecule has 2 aliphatic rings. The third-order valence-corrected chi connectivity index (χ3v) is 3.54. The number of halogens is 1. The Morgan fingerprint density at radius 2 is 2.06 bits per heavy atom. The highest BCUT2D eigenvalue weighted by Crippen LogP contribution is 2.37. The summed E-state index contributed by atoms with van der Waals surface area (Å²) in [4.78, 5) is 0. The molecule has 16 heavy (non-hydrogen) atoms. The molecule has 1 aromatic rings. The van der Waals surface area contributed by atoms with Crippen molar-refractivity contribution in [3.8, 4) is 0 Å². The first-order valence-corrected chi connectivity index (χ1v) is 5.78. The van der Waals surface area contributed by atoms with Crippen molar-refractivity contribution in [2.75, 3.05) is 0 Å². The summed E-state index contributed by atoms with van der Waals surface area (Å²) in [5.74, 6) is 0.488. The number of hydrogen-bond acceptors (Lipinski definition) is 3. The zero-order chi connectivity index (χ0) is 11.1. The summed E-state index contributed by atoms with van der Waals surface area (Å²) < 4.78 is 13.1. The van der Waals surface area contributed by atoms with Crippen LogP contribution in [-0.4, -0.2) is 12.1 Å². The van der Waals surface area contributed by atoms with Gasteiger partial charge in [0.05, 0.1) is 6.04 Å². The predicted octanol–water partition coefficient (Wildman–Crippen LogP) is 1.08. The van der Waals surface area contributed by atoms with Crippen LogP contribution in [0.4, 0.5) is 4.39 Å². The molecule has 0 spiro atoms. The van der Waals surface area contributed by atoms with Crippen molar-refractivity contribution in [2.45, 2.75) is 31.0 Å². The Labute approximate surface area is 94.2 Å². The van der Waals surface area contributed by atoms with Gasteiger partial charge in [-0.05, 0) is 36.5 Å². The van der Waals surface area contributed by atoms with Crippen molar-refractivity contribution in [2.24, 2.45) is 11.7 Å². The molecule has 3 atom stereocenters. The van der Waals surface area contributed by atoms with Crippen LogP contribution in [0.25, 0.3) is 0 Å². The van der Waals surface area contributed by atoms with E-state index in [1.165, 1.54) is 18.9 Å². The number of benzene rings is 1. The smallest absolute Gasteiger partial charge is 0.123 e. The molecule has 1 heterocycles. The van der Waals surface area contributed by atoms with Crippen molar-refractivity contribution in [3.05, 3.63) is 35.6 Å². The monoisotopic (exact) mass is 221 g/mol. The third-order valence-electron chi connectivity index (χ3n) is 3.54. The van der Waals surface area contributed by atoms with Crippen molar-refractivity contribution < 1.29 is 4.39 Å². The minimum Gasteiger partial charge on any atom is -0.325 e. The average molecular weight is 221 g/mol. The molecule has 3 unspecified atom stereocenters. The Balaban J connectivity index is 1.80. The van der Waals surface area contributed by atoms with Crippen LogP contribution in [0.5, 0.6) is 0 Å². The third kappa shape index (κ3) is 1.73. The number of rotatable bonds is 2. The van der Waals surface area contributed by atoms with Crippen LogP contribution in [0.3, 0.4) is 0 Å². The quantitative estimate of drug-likeness (QED) is 0.700. The van der Waals surface area contributed by atoms with Crippen molar-refractivity contribution in [1.82, 2.24) is 10.9 Å². The summed E-state index contributed by atoms with van der Waals surface area (Å²) in [6.07, 6.45) is 2.51. The van der Waals surface area contributed by atoms with E-state index in [1.54, 1.807) is 12.1 Å². The molecule has 1 aliphatic heterocycles. The van der Waals surface area contributed by atoms with Gasteiger partial charge in [0, 0.05) is 12.1 Å². The topological polar surface area (TPSA) is 50.1 Å². The van der Waals surface area contributed by atoms with E-state index in [1.807, 2.05) is 6.07 Å². The maximum absolute atomic E-state index is 13.1. The van der Waals surface area contributed by atoms with Crippen molar-refractivity contribution in [1.29, 1.82) is 0 Å². The fourth-order valence-electron chi connectivity index (χ4n) is 2.48. The first-order valence-electron chi connectivity index (χ1n) is 5.78. The maximum Gasteiger partial charge on any atom is 0.123 e. The summed E-state index contributed by atoms with van der Waals surface area (Å²) in [6, 6.07) is 7.01. The van der Waals surface area contributed by atoms with E-state index < -0.39 is 0 Å². The van der Waals surface area contributed by atoms with Crippen molar-refractivity contribution in [3.63, 3.8) is 0 Å². The number of nitrogens with one attached hydrogen (secondary N) is 2. The van der Waals surface area contributed by atoms with E-state index in [-0.39, 0.29) is 17.9 Å². The largest absolute Gasteiger partial charge is 0.325 e. The molecule has 0 bridgehead atoms. The highest BCUT2D eigenvalue weighted by Gasteiger charge is 2.42. The second-order valence-corrected chi connectivity index (χ2v) is 4.76. The minimum atomic E-state index is -0.207. The maximum atomic E-state index is 13.1. The van der Waals surface area contributed by atoms with Gasteiger partial charge in [-0.1, -0.05) is 12.1 Å². The summed E-state index contributed by atoms with van der Waals surface area (Å²) in [5.41, 5.74) is 13.5. The summed E-state index contributed by atoms with van der Waals surface area (Å²) in [5, 5.41) is 0. The molecule has 1 aliphatic carbocycles. The minimum absolute atomic E-state index is 0.0151. The lowest BCUT2D eigenvalue weighted by molar-refractivity contribution is 0.469. The standard InChI is InChI=1S/C12H16FN3/c13-9-3-1-2-8(6-9)12-10(14)11(15-16-12)7-4-5-7/h1-3,6-7,10-12,15-16H,4-5,14H2. The van der Waals surface area contributed by atoms with Gasteiger partial charge in [-0.25, -0.2) is 9.82 Å². The van der Waals surface area contributed by atoms with E-state index in [0.29, 0.717) is 12.0 Å². The van der Waals surface area contributed by atoms with Gasteiger partial charge in [-0.3, -0.25) is 5.43 Å². The second kappa shape index (κ2) is 3.80. The second-order valence-electron chi connectivity index (χ2n) is 4.76. The van der Waals surface area contributed by atoms with Gasteiger partial charge in [-0.2, -0.15) is 0 Å². The van der Waals surface area contributed by atoms with Crippen LogP contribution < -0.4 is 16.6 Å². The Kier molecular flexibility index (Phi) is 2.42. The molecular formula is C12H16FN3. The fourth-order valence-corrected chi connectivity index (χ4v) is 2.48. The van der Waals surface area contributed by atoms with Gasteiger partial charge in [0.15, 0.2) is 0 Å². The highest BCUT2D eigenvalue weighted by atomic mass is 19.1. The van der Waals surface area contributed by atoms with Crippen LogP contribution in [-0.2, 0) is 0 Å². The Bertz CT molecular complexity index is 392. The van der Waals surface area contributed by atoms with Crippen LogP contribution in [0, 0.1) is 11.7 Å². The van der Waals surface area contributed by atoms with Crippen molar-refractivity contribution >= 4 is 0 Å². The van der Waals surface area contributed by atoms with E-state index in [4.69, 9.17) is 5.73 Å².